The van der Waals surface area contributed by atoms with E-state index in [1.807, 2.05) is 10.6 Å². The summed E-state index contributed by atoms with van der Waals surface area (Å²) in [5, 5.41) is 15.2. The number of carbonyl (C=O) groups is 2. The fraction of sp³-hybridized carbons (Fsp3) is 0.263. The lowest BCUT2D eigenvalue weighted by Crippen LogP contribution is -2.23. The third kappa shape index (κ3) is 3.39. The highest BCUT2D eigenvalue weighted by atomic mass is 16.3. The summed E-state index contributed by atoms with van der Waals surface area (Å²) in [6.07, 6.45) is 7.20. The number of hydrogen-bond acceptors (Lipinski definition) is 6. The van der Waals surface area contributed by atoms with Crippen LogP contribution < -0.4 is 10.6 Å². The third-order valence-corrected chi connectivity index (χ3v) is 4.25. The Morgan fingerprint density at radius 1 is 1.41 bits per heavy atom. The molecule has 3 heterocycles. The fourth-order valence-electron chi connectivity index (χ4n) is 3.19. The van der Waals surface area contributed by atoms with Crippen molar-refractivity contribution in [3.63, 3.8) is 0 Å². The molecule has 27 heavy (non-hydrogen) atoms. The molecule has 8 nitrogen and oxygen atoms in total. The average molecular weight is 367 g/mol. The van der Waals surface area contributed by atoms with E-state index in [9.17, 15) is 9.59 Å². The lowest BCUT2D eigenvalue weighted by molar-refractivity contribution is -0.123. The van der Waals surface area contributed by atoms with Gasteiger partial charge in [0.2, 0.25) is 0 Å². The molecule has 3 N–H and O–H groups in total. The lowest BCUT2D eigenvalue weighted by atomic mass is 9.97. The molecule has 0 unspecified atom stereocenters. The highest BCUT2D eigenvalue weighted by Gasteiger charge is 2.34. The van der Waals surface area contributed by atoms with Crippen LogP contribution in [0.3, 0.4) is 0 Å². The van der Waals surface area contributed by atoms with E-state index in [2.05, 4.69) is 20.6 Å². The summed E-state index contributed by atoms with van der Waals surface area (Å²) < 4.78 is 1.89. The van der Waals surface area contributed by atoms with Gasteiger partial charge in [-0.2, -0.15) is 0 Å². The van der Waals surface area contributed by atoms with Gasteiger partial charge in [-0.25, -0.2) is 4.98 Å². The summed E-state index contributed by atoms with van der Waals surface area (Å²) >= 11 is 0. The molecule has 0 bridgehead atoms. The zero-order chi connectivity index (χ0) is 19.4. The van der Waals surface area contributed by atoms with Crippen molar-refractivity contribution in [3.8, 4) is 0 Å². The molecule has 2 aromatic rings. The van der Waals surface area contributed by atoms with Gasteiger partial charge in [-0.15, -0.1) is 0 Å². The number of amides is 2. The van der Waals surface area contributed by atoms with Crippen LogP contribution in [0.5, 0.6) is 0 Å². The summed E-state index contributed by atoms with van der Waals surface area (Å²) in [4.78, 5) is 33.5. The quantitative estimate of drug-likeness (QED) is 0.491. The van der Waals surface area contributed by atoms with E-state index >= 15 is 0 Å². The van der Waals surface area contributed by atoms with Crippen LogP contribution in [-0.2, 0) is 16.1 Å². The first kappa shape index (κ1) is 18.5. The van der Waals surface area contributed by atoms with E-state index in [1.54, 1.807) is 38.8 Å². The number of hydrogen-bond donors (Lipinski definition) is 3. The number of nitrogens with one attached hydrogen (secondary N) is 2. The summed E-state index contributed by atoms with van der Waals surface area (Å²) in [5.74, 6) is -0.914. The van der Waals surface area contributed by atoms with E-state index < -0.39 is 11.8 Å². The second-order valence-electron chi connectivity index (χ2n) is 6.00. The second kappa shape index (κ2) is 7.96. The smallest absolute Gasteiger partial charge is 0.259 e. The summed E-state index contributed by atoms with van der Waals surface area (Å²) in [6.45, 7) is 0.606. The standard InChI is InChI=1S/C19H21N5O3/c1-20-9-12(10-21-2)15-16(19(27)23-18(15)26)14-11-24(7-4-8-25)17-13(14)5-3-6-22-17/h3,5-6,9-11,20,25H,4,7-8H2,1-2H3,(H,23,26,27)/b12-9+,21-10?. The van der Waals surface area contributed by atoms with Gasteiger partial charge in [0.15, 0.2) is 0 Å². The normalized spacial score (nSPS) is 15.3. The van der Waals surface area contributed by atoms with Crippen LogP contribution in [0, 0.1) is 0 Å². The number of imide groups is 1. The van der Waals surface area contributed by atoms with Crippen molar-refractivity contribution in [1.82, 2.24) is 20.2 Å². The van der Waals surface area contributed by atoms with Crippen LogP contribution in [0.4, 0.5) is 0 Å². The number of fused-ring (bicyclic) bond motifs is 1. The Morgan fingerprint density at radius 3 is 2.93 bits per heavy atom. The molecule has 0 radical (unpaired) electrons. The van der Waals surface area contributed by atoms with Crippen molar-refractivity contribution >= 4 is 34.6 Å². The predicted octanol–water partition coefficient (Wildman–Crippen LogP) is 0.633. The number of rotatable bonds is 7. The van der Waals surface area contributed by atoms with Crippen LogP contribution in [0.1, 0.15) is 12.0 Å². The number of nitrogens with zero attached hydrogens (tertiary/aromatic N) is 3. The first-order chi connectivity index (χ1) is 13.1. The minimum atomic E-state index is -0.462. The molecule has 0 spiro atoms. The monoisotopic (exact) mass is 367 g/mol. The zero-order valence-corrected chi connectivity index (χ0v) is 15.2. The summed E-state index contributed by atoms with van der Waals surface area (Å²) in [6, 6.07) is 3.65. The average Bonchev–Trinajstić information content (AvgIpc) is 3.16. The van der Waals surface area contributed by atoms with Crippen molar-refractivity contribution in [2.45, 2.75) is 13.0 Å². The zero-order valence-electron chi connectivity index (χ0n) is 15.2. The van der Waals surface area contributed by atoms with Crippen molar-refractivity contribution in [2.75, 3.05) is 20.7 Å². The van der Waals surface area contributed by atoms with Gasteiger partial charge in [0.25, 0.3) is 11.8 Å². The Balaban J connectivity index is 2.27. The lowest BCUT2D eigenvalue weighted by Gasteiger charge is -2.04. The molecule has 140 valence electrons. The van der Waals surface area contributed by atoms with E-state index in [0.29, 0.717) is 35.3 Å². The molecular formula is C19H21N5O3. The van der Waals surface area contributed by atoms with Crippen molar-refractivity contribution in [3.05, 3.63) is 47.4 Å². The van der Waals surface area contributed by atoms with Gasteiger partial charge in [-0.05, 0) is 18.6 Å². The molecule has 2 aromatic heterocycles. The van der Waals surface area contributed by atoms with Gasteiger partial charge in [0.1, 0.15) is 5.65 Å². The van der Waals surface area contributed by atoms with E-state index in [1.165, 1.54) is 6.21 Å². The molecule has 8 heteroatoms. The topological polar surface area (TPSA) is 109 Å². The van der Waals surface area contributed by atoms with Crippen LogP contribution in [0.15, 0.2) is 46.9 Å². The van der Waals surface area contributed by atoms with Gasteiger partial charge in [-0.3, -0.25) is 19.9 Å². The highest BCUT2D eigenvalue weighted by molar-refractivity contribution is 6.40. The molecule has 0 saturated carbocycles. The highest BCUT2D eigenvalue weighted by Crippen LogP contribution is 2.33. The van der Waals surface area contributed by atoms with Crippen molar-refractivity contribution < 1.29 is 14.7 Å². The molecule has 0 saturated heterocycles. The van der Waals surface area contributed by atoms with Gasteiger partial charge < -0.3 is 15.0 Å². The predicted molar refractivity (Wildman–Crippen MR) is 103 cm³/mol. The molecule has 0 atom stereocenters. The number of aliphatic hydroxyl groups is 1. The minimum absolute atomic E-state index is 0.0524. The van der Waals surface area contributed by atoms with Crippen LogP contribution in [0.2, 0.25) is 0 Å². The maximum atomic E-state index is 12.6. The van der Waals surface area contributed by atoms with Crippen LogP contribution in [-0.4, -0.2) is 53.4 Å². The van der Waals surface area contributed by atoms with Gasteiger partial charge >= 0.3 is 0 Å². The number of pyridine rings is 1. The number of carbonyl (C=O) groups excluding carboxylic acids is 2. The first-order valence-electron chi connectivity index (χ1n) is 8.57. The van der Waals surface area contributed by atoms with Crippen LogP contribution >= 0.6 is 0 Å². The molecule has 0 fully saturated rings. The number of aromatic nitrogens is 2. The third-order valence-electron chi connectivity index (χ3n) is 4.25. The largest absolute Gasteiger partial charge is 0.396 e. The molecule has 0 aromatic carbocycles. The van der Waals surface area contributed by atoms with E-state index in [-0.39, 0.29) is 12.2 Å². The Morgan fingerprint density at radius 2 is 2.22 bits per heavy atom. The van der Waals surface area contributed by atoms with Gasteiger partial charge in [-0.1, -0.05) is 0 Å². The Hall–Kier alpha value is -3.26. The second-order valence-corrected chi connectivity index (χ2v) is 6.00. The van der Waals surface area contributed by atoms with Crippen molar-refractivity contribution in [1.29, 1.82) is 0 Å². The van der Waals surface area contributed by atoms with Gasteiger partial charge in [0, 0.05) is 68.6 Å². The summed E-state index contributed by atoms with van der Waals surface area (Å²) in [7, 11) is 3.31. The van der Waals surface area contributed by atoms with E-state index in [4.69, 9.17) is 5.11 Å². The van der Waals surface area contributed by atoms with Crippen molar-refractivity contribution in [2.24, 2.45) is 4.99 Å². The SMILES string of the molecule is CN=C/C(=C\NC)C1=C(c2cn(CCCO)c3ncccc23)C(=O)NC1=O. The maximum absolute atomic E-state index is 12.6. The molecule has 3 rings (SSSR count). The molecule has 0 aliphatic carbocycles. The molecular weight excluding hydrogens is 346 g/mol. The van der Waals surface area contributed by atoms with E-state index in [0.717, 1.165) is 5.39 Å². The number of aliphatic imine (C=N–C) groups is 1. The molecule has 1 aliphatic heterocycles. The molecule has 1 aliphatic rings. The number of aryl methyl sites for hydroxylation is 1. The first-order valence-corrected chi connectivity index (χ1v) is 8.57. The Kier molecular flexibility index (Phi) is 5.46. The van der Waals surface area contributed by atoms with Crippen LogP contribution in [0.25, 0.3) is 16.6 Å². The Bertz CT molecular complexity index is 984. The maximum Gasteiger partial charge on any atom is 0.259 e. The fourth-order valence-corrected chi connectivity index (χ4v) is 3.19. The summed E-state index contributed by atoms with van der Waals surface area (Å²) in [5.41, 5.74) is 2.40. The van der Waals surface area contributed by atoms with Gasteiger partial charge in [0.05, 0.1) is 11.1 Å². The molecule has 2 amide bonds. The number of aliphatic hydroxyl groups excluding tert-OH is 1. The Labute approximate surface area is 156 Å². The minimum Gasteiger partial charge on any atom is -0.396 e.